The number of non-ortho nitro benzene ring substituents is 1. The van der Waals surface area contributed by atoms with Gasteiger partial charge in [-0.3, -0.25) is 14.9 Å². The molecule has 1 N–H and O–H groups in total. The summed E-state index contributed by atoms with van der Waals surface area (Å²) in [6, 6.07) is 8.42. The van der Waals surface area contributed by atoms with E-state index in [1.54, 1.807) is 13.0 Å². The Hall–Kier alpha value is -4.12. The quantitative estimate of drug-likeness (QED) is 0.213. The molecule has 3 rings (SSSR count). The van der Waals surface area contributed by atoms with Crippen LogP contribution in [0.4, 0.5) is 5.69 Å². The minimum Gasteiger partial charge on any atom is -0.493 e. The molecule has 1 amide bonds. The molecule has 0 atom stereocenters. The van der Waals surface area contributed by atoms with Gasteiger partial charge in [0.05, 0.1) is 29.9 Å². The number of methoxy groups -OCH3 is 1. The molecule has 33 heavy (non-hydrogen) atoms. The van der Waals surface area contributed by atoms with Crippen molar-refractivity contribution in [1.29, 1.82) is 0 Å². The molecule has 0 aliphatic heterocycles. The molecule has 0 aliphatic rings. The number of nitro benzene ring substituents is 1. The van der Waals surface area contributed by atoms with Crippen LogP contribution in [-0.2, 0) is 9.53 Å². The van der Waals surface area contributed by atoms with Crippen molar-refractivity contribution >= 4 is 46.3 Å². The number of amides is 1. The number of carbonyl (C=O) groups is 2. The lowest BCUT2D eigenvalue weighted by atomic mass is 10.2. The molecule has 0 fully saturated rings. The molecule has 0 spiro atoms. The molecule has 2 aromatic carbocycles. The first-order valence-electron chi connectivity index (χ1n) is 9.49. The second-order valence-electron chi connectivity index (χ2n) is 6.42. The topological polar surface area (TPSA) is 143 Å². The Kier molecular flexibility index (Phi) is 7.46. The Morgan fingerprint density at radius 1 is 1.27 bits per heavy atom. The maximum absolute atomic E-state index is 12.3. The van der Waals surface area contributed by atoms with Gasteiger partial charge in [0.25, 0.3) is 5.69 Å². The fourth-order valence-electron chi connectivity index (χ4n) is 2.76. The van der Waals surface area contributed by atoms with Crippen LogP contribution in [-0.4, -0.2) is 43.3 Å². The standard InChI is InChI=1S/C21H18ClN3O8/c1-3-31-19(26)11-32-20-15(22)6-12(7-17(20)30-2)10-23-24-21(27)18-9-13-8-14(25(28)29)4-5-16(13)33-18/h4-10H,3,11H2,1-2H3,(H,24,27)/b23-10+. The summed E-state index contributed by atoms with van der Waals surface area (Å²) >= 11 is 6.22. The van der Waals surface area contributed by atoms with Crippen LogP contribution >= 0.6 is 11.6 Å². The summed E-state index contributed by atoms with van der Waals surface area (Å²) in [7, 11) is 1.40. The normalized spacial score (nSPS) is 10.9. The second-order valence-corrected chi connectivity index (χ2v) is 6.82. The fourth-order valence-corrected chi connectivity index (χ4v) is 3.04. The zero-order valence-corrected chi connectivity index (χ0v) is 18.2. The van der Waals surface area contributed by atoms with Crippen LogP contribution in [0.15, 0.2) is 45.9 Å². The predicted molar refractivity (Wildman–Crippen MR) is 118 cm³/mol. The van der Waals surface area contributed by atoms with Crippen LogP contribution in [0.3, 0.4) is 0 Å². The van der Waals surface area contributed by atoms with E-state index in [9.17, 15) is 19.7 Å². The molecule has 0 unspecified atom stereocenters. The third-order valence-corrected chi connectivity index (χ3v) is 4.49. The first-order chi connectivity index (χ1) is 15.8. The number of nitrogens with zero attached hydrogens (tertiary/aromatic N) is 2. The van der Waals surface area contributed by atoms with Gasteiger partial charge in [-0.25, -0.2) is 10.2 Å². The van der Waals surface area contributed by atoms with Crippen molar-refractivity contribution in [3.05, 3.63) is 62.9 Å². The van der Waals surface area contributed by atoms with Gasteiger partial charge in [-0.2, -0.15) is 5.10 Å². The van der Waals surface area contributed by atoms with Gasteiger partial charge in [-0.15, -0.1) is 0 Å². The number of furan rings is 1. The number of nitrogens with one attached hydrogen (secondary N) is 1. The van der Waals surface area contributed by atoms with Gasteiger partial charge in [0.1, 0.15) is 5.58 Å². The minimum atomic E-state index is -0.655. The van der Waals surface area contributed by atoms with Crippen LogP contribution in [0.1, 0.15) is 23.0 Å². The third-order valence-electron chi connectivity index (χ3n) is 4.21. The Balaban J connectivity index is 1.69. The monoisotopic (exact) mass is 475 g/mol. The van der Waals surface area contributed by atoms with Crippen molar-refractivity contribution in [2.24, 2.45) is 5.10 Å². The minimum absolute atomic E-state index is 0.0685. The number of fused-ring (bicyclic) bond motifs is 1. The number of esters is 1. The summed E-state index contributed by atoms with van der Waals surface area (Å²) in [5.41, 5.74) is 2.98. The lowest BCUT2D eigenvalue weighted by molar-refractivity contribution is -0.384. The highest BCUT2D eigenvalue weighted by molar-refractivity contribution is 6.32. The first kappa shape index (κ1) is 23.5. The average Bonchev–Trinajstić information content (AvgIpc) is 3.21. The summed E-state index contributed by atoms with van der Waals surface area (Å²) in [5, 5.41) is 15.3. The van der Waals surface area contributed by atoms with Crippen LogP contribution in [0.2, 0.25) is 5.02 Å². The lowest BCUT2D eigenvalue weighted by Gasteiger charge is -2.12. The Morgan fingerprint density at radius 3 is 2.76 bits per heavy atom. The predicted octanol–water partition coefficient (Wildman–Crippen LogP) is 3.71. The Bertz CT molecular complexity index is 1240. The summed E-state index contributed by atoms with van der Waals surface area (Å²) < 4.78 is 20.8. The number of halogens is 1. The van der Waals surface area contributed by atoms with Crippen LogP contribution < -0.4 is 14.9 Å². The molecule has 0 saturated carbocycles. The van der Waals surface area contributed by atoms with Gasteiger partial charge >= 0.3 is 11.9 Å². The van der Waals surface area contributed by atoms with Crippen LogP contribution in [0.5, 0.6) is 11.5 Å². The van der Waals surface area contributed by atoms with Crippen molar-refractivity contribution < 1.29 is 33.1 Å². The van der Waals surface area contributed by atoms with Gasteiger partial charge in [0, 0.05) is 17.5 Å². The molecule has 0 saturated heterocycles. The van der Waals surface area contributed by atoms with E-state index in [4.69, 9.17) is 30.2 Å². The third kappa shape index (κ3) is 5.77. The van der Waals surface area contributed by atoms with E-state index < -0.39 is 16.8 Å². The van der Waals surface area contributed by atoms with E-state index in [1.165, 1.54) is 43.7 Å². The molecule has 1 aromatic heterocycles. The largest absolute Gasteiger partial charge is 0.493 e. The van der Waals surface area contributed by atoms with E-state index in [-0.39, 0.29) is 41.2 Å². The molecule has 12 heteroatoms. The molecule has 1 heterocycles. The molecule has 11 nitrogen and oxygen atoms in total. The summed E-state index contributed by atoms with van der Waals surface area (Å²) in [5.74, 6) is -0.870. The molecule has 3 aromatic rings. The van der Waals surface area contributed by atoms with E-state index in [2.05, 4.69) is 10.5 Å². The van der Waals surface area contributed by atoms with Gasteiger partial charge in [0.2, 0.25) is 0 Å². The van der Waals surface area contributed by atoms with Gasteiger partial charge in [0.15, 0.2) is 23.9 Å². The highest BCUT2D eigenvalue weighted by Gasteiger charge is 2.16. The maximum Gasteiger partial charge on any atom is 0.344 e. The Morgan fingerprint density at radius 2 is 2.06 bits per heavy atom. The number of ether oxygens (including phenoxy) is 3. The van der Waals surface area contributed by atoms with Crippen LogP contribution in [0, 0.1) is 10.1 Å². The van der Waals surface area contributed by atoms with Crippen molar-refractivity contribution in [2.45, 2.75) is 6.92 Å². The average molecular weight is 476 g/mol. The summed E-state index contributed by atoms with van der Waals surface area (Å²) in [6.45, 7) is 1.56. The number of nitro groups is 1. The number of rotatable bonds is 9. The molecule has 0 radical (unpaired) electrons. The van der Waals surface area contributed by atoms with E-state index in [0.717, 1.165) is 0 Å². The van der Waals surface area contributed by atoms with Crippen molar-refractivity contribution in [1.82, 2.24) is 5.43 Å². The number of hydrazone groups is 1. The molecular weight excluding hydrogens is 458 g/mol. The summed E-state index contributed by atoms with van der Waals surface area (Å²) in [6.07, 6.45) is 1.31. The zero-order valence-electron chi connectivity index (χ0n) is 17.5. The number of hydrogen-bond donors (Lipinski definition) is 1. The SMILES string of the molecule is CCOC(=O)COc1c(Cl)cc(/C=N/NC(=O)c2cc3cc([N+](=O)[O-])ccc3o2)cc1OC. The van der Waals surface area contributed by atoms with Crippen molar-refractivity contribution in [3.63, 3.8) is 0 Å². The lowest BCUT2D eigenvalue weighted by Crippen LogP contribution is -2.16. The smallest absolute Gasteiger partial charge is 0.344 e. The highest BCUT2D eigenvalue weighted by Crippen LogP contribution is 2.36. The summed E-state index contributed by atoms with van der Waals surface area (Å²) in [4.78, 5) is 34.1. The van der Waals surface area contributed by atoms with Crippen molar-refractivity contribution in [3.8, 4) is 11.5 Å². The fraction of sp³-hybridized carbons (Fsp3) is 0.190. The number of benzene rings is 2. The molecule has 0 aliphatic carbocycles. The van der Waals surface area contributed by atoms with Crippen molar-refractivity contribution in [2.75, 3.05) is 20.3 Å². The second kappa shape index (κ2) is 10.5. The highest BCUT2D eigenvalue weighted by atomic mass is 35.5. The molecular formula is C21H18ClN3O8. The number of carbonyl (C=O) groups excluding carboxylic acids is 2. The first-order valence-corrected chi connectivity index (χ1v) is 9.87. The van der Waals surface area contributed by atoms with E-state index >= 15 is 0 Å². The van der Waals surface area contributed by atoms with Gasteiger partial charge in [-0.05, 0) is 36.8 Å². The van der Waals surface area contributed by atoms with Crippen LogP contribution in [0.25, 0.3) is 11.0 Å². The molecule has 172 valence electrons. The maximum atomic E-state index is 12.3. The van der Waals surface area contributed by atoms with Gasteiger partial charge < -0.3 is 18.6 Å². The molecule has 0 bridgehead atoms. The number of hydrogen-bond acceptors (Lipinski definition) is 9. The zero-order chi connectivity index (χ0) is 24.0. The van der Waals surface area contributed by atoms with E-state index in [0.29, 0.717) is 16.5 Å². The van der Waals surface area contributed by atoms with Gasteiger partial charge in [-0.1, -0.05) is 11.6 Å². The van der Waals surface area contributed by atoms with E-state index in [1.807, 2.05) is 0 Å². The Labute approximate surface area is 192 Å².